The summed E-state index contributed by atoms with van der Waals surface area (Å²) in [5.41, 5.74) is 9.24. The van der Waals surface area contributed by atoms with Gasteiger partial charge in [0.15, 0.2) is 0 Å². The monoisotopic (exact) mass is 384 g/mol. The number of hydrogen-bond acceptors (Lipinski definition) is 1. The molecule has 0 bridgehead atoms. The number of rotatable bonds is 2. The summed E-state index contributed by atoms with van der Waals surface area (Å²) in [5.74, 6) is 0. The van der Waals surface area contributed by atoms with Crippen molar-refractivity contribution in [2.24, 2.45) is 0 Å². The maximum Gasteiger partial charge on any atom is 0.0971 e. The SMILES string of the molecule is Cc1ccc(-c2ccc3c(c2)c2nc4ccccc4cc2n3-c2ccccc2)cc1. The second-order valence-corrected chi connectivity index (χ2v) is 7.82. The number of aromatic nitrogens is 2. The third-order valence-electron chi connectivity index (χ3n) is 5.84. The smallest absolute Gasteiger partial charge is 0.0971 e. The first-order valence-corrected chi connectivity index (χ1v) is 10.2. The molecule has 142 valence electrons. The molecule has 0 spiro atoms. The van der Waals surface area contributed by atoms with Gasteiger partial charge >= 0.3 is 0 Å². The first-order chi connectivity index (χ1) is 14.8. The zero-order valence-electron chi connectivity index (χ0n) is 16.7. The molecule has 0 radical (unpaired) electrons. The van der Waals surface area contributed by atoms with Crippen molar-refractivity contribution in [3.05, 3.63) is 109 Å². The first-order valence-electron chi connectivity index (χ1n) is 10.2. The van der Waals surface area contributed by atoms with Gasteiger partial charge in [0.05, 0.1) is 22.1 Å². The van der Waals surface area contributed by atoms with Gasteiger partial charge in [-0.3, -0.25) is 0 Å². The Hall–Kier alpha value is -3.91. The lowest BCUT2D eigenvalue weighted by molar-refractivity contribution is 1.18. The van der Waals surface area contributed by atoms with Gasteiger partial charge in [-0.15, -0.1) is 0 Å². The molecule has 0 atom stereocenters. The van der Waals surface area contributed by atoms with Crippen LogP contribution in [-0.4, -0.2) is 9.55 Å². The van der Waals surface area contributed by atoms with Crippen molar-refractivity contribution in [2.45, 2.75) is 6.92 Å². The molecule has 0 amide bonds. The van der Waals surface area contributed by atoms with E-state index in [1.54, 1.807) is 0 Å². The molecule has 0 fully saturated rings. The molecule has 0 aliphatic heterocycles. The average Bonchev–Trinajstić information content (AvgIpc) is 3.11. The molecule has 2 heteroatoms. The molecule has 6 rings (SSSR count). The van der Waals surface area contributed by atoms with Gasteiger partial charge in [-0.1, -0.05) is 72.3 Å². The Bertz CT molecular complexity index is 1520. The first kappa shape index (κ1) is 17.0. The molecule has 0 saturated heterocycles. The molecule has 0 saturated carbocycles. The predicted octanol–water partition coefficient (Wildman–Crippen LogP) is 7.31. The average molecular weight is 384 g/mol. The molecule has 0 N–H and O–H groups in total. The fraction of sp³-hybridized carbons (Fsp3) is 0.0357. The van der Waals surface area contributed by atoms with Crippen molar-refractivity contribution < 1.29 is 0 Å². The normalized spacial score (nSPS) is 11.5. The number of pyridine rings is 1. The van der Waals surface area contributed by atoms with Gasteiger partial charge in [-0.25, -0.2) is 4.98 Å². The van der Waals surface area contributed by atoms with Gasteiger partial charge in [-0.2, -0.15) is 0 Å². The molecule has 0 unspecified atom stereocenters. The summed E-state index contributed by atoms with van der Waals surface area (Å²) in [5, 5.41) is 2.33. The standard InChI is InChI=1S/C28H20N2/c1-19-11-13-20(14-12-19)21-15-16-26-24(17-21)28-27(30(26)23-8-3-2-4-9-23)18-22-7-5-6-10-25(22)29-28/h2-18H,1H3. The van der Waals surface area contributed by atoms with Crippen molar-refractivity contribution in [1.82, 2.24) is 9.55 Å². The summed E-state index contributed by atoms with van der Waals surface area (Å²) < 4.78 is 2.32. The van der Waals surface area contributed by atoms with Crippen LogP contribution >= 0.6 is 0 Å². The molecule has 4 aromatic carbocycles. The van der Waals surface area contributed by atoms with E-state index in [2.05, 4.69) is 115 Å². The van der Waals surface area contributed by atoms with E-state index < -0.39 is 0 Å². The number of nitrogens with zero attached hydrogens (tertiary/aromatic N) is 2. The van der Waals surface area contributed by atoms with Crippen LogP contribution in [0.2, 0.25) is 0 Å². The zero-order chi connectivity index (χ0) is 20.1. The highest BCUT2D eigenvalue weighted by Crippen LogP contribution is 2.35. The van der Waals surface area contributed by atoms with Gasteiger partial charge in [0.25, 0.3) is 0 Å². The maximum atomic E-state index is 5.08. The minimum absolute atomic E-state index is 1.03. The lowest BCUT2D eigenvalue weighted by Gasteiger charge is -2.08. The van der Waals surface area contributed by atoms with Gasteiger partial charge < -0.3 is 4.57 Å². The fourth-order valence-corrected chi connectivity index (χ4v) is 4.30. The number of fused-ring (bicyclic) bond motifs is 4. The quantitative estimate of drug-likeness (QED) is 0.306. The van der Waals surface area contributed by atoms with Crippen LogP contribution < -0.4 is 0 Å². The third-order valence-corrected chi connectivity index (χ3v) is 5.84. The van der Waals surface area contributed by atoms with Gasteiger partial charge in [0.1, 0.15) is 0 Å². The molecule has 2 heterocycles. The lowest BCUT2D eigenvalue weighted by Crippen LogP contribution is -1.93. The molecule has 0 aliphatic rings. The lowest BCUT2D eigenvalue weighted by atomic mass is 10.0. The summed E-state index contributed by atoms with van der Waals surface area (Å²) in [7, 11) is 0. The van der Waals surface area contributed by atoms with Gasteiger partial charge in [-0.05, 0) is 54.4 Å². The van der Waals surface area contributed by atoms with Crippen molar-refractivity contribution in [1.29, 1.82) is 0 Å². The second kappa shape index (κ2) is 6.57. The molecule has 2 aromatic heterocycles. The maximum absolute atomic E-state index is 5.08. The van der Waals surface area contributed by atoms with E-state index in [-0.39, 0.29) is 0 Å². The van der Waals surface area contributed by atoms with E-state index in [9.17, 15) is 0 Å². The highest BCUT2D eigenvalue weighted by Gasteiger charge is 2.15. The van der Waals surface area contributed by atoms with Crippen LogP contribution in [0.1, 0.15) is 5.56 Å². The summed E-state index contributed by atoms with van der Waals surface area (Å²) in [6.45, 7) is 2.12. The third kappa shape index (κ3) is 2.61. The van der Waals surface area contributed by atoms with Crippen LogP contribution in [0.25, 0.3) is 49.7 Å². The Labute approximate surface area is 175 Å². The Morgan fingerprint density at radius 1 is 0.633 bits per heavy atom. The van der Waals surface area contributed by atoms with E-state index in [1.807, 2.05) is 0 Å². The van der Waals surface area contributed by atoms with Crippen LogP contribution in [0.15, 0.2) is 103 Å². The van der Waals surface area contributed by atoms with Crippen molar-refractivity contribution in [2.75, 3.05) is 0 Å². The van der Waals surface area contributed by atoms with Crippen LogP contribution in [0.5, 0.6) is 0 Å². The van der Waals surface area contributed by atoms with Crippen molar-refractivity contribution in [3.63, 3.8) is 0 Å². The fourth-order valence-electron chi connectivity index (χ4n) is 4.30. The van der Waals surface area contributed by atoms with Crippen LogP contribution in [0.3, 0.4) is 0 Å². The molecule has 6 aromatic rings. The van der Waals surface area contributed by atoms with E-state index in [0.29, 0.717) is 0 Å². The number of para-hydroxylation sites is 2. The van der Waals surface area contributed by atoms with Crippen LogP contribution in [0.4, 0.5) is 0 Å². The molecule has 30 heavy (non-hydrogen) atoms. The Morgan fingerprint density at radius 3 is 2.20 bits per heavy atom. The Morgan fingerprint density at radius 2 is 1.37 bits per heavy atom. The summed E-state index contributed by atoms with van der Waals surface area (Å²) in [4.78, 5) is 5.08. The highest BCUT2D eigenvalue weighted by molar-refractivity contribution is 6.11. The van der Waals surface area contributed by atoms with Crippen molar-refractivity contribution in [3.8, 4) is 16.8 Å². The summed E-state index contributed by atoms with van der Waals surface area (Å²) in [6.07, 6.45) is 0. The topological polar surface area (TPSA) is 17.8 Å². The molecular weight excluding hydrogens is 364 g/mol. The highest BCUT2D eigenvalue weighted by atomic mass is 15.0. The predicted molar refractivity (Wildman–Crippen MR) is 126 cm³/mol. The van der Waals surface area contributed by atoms with Gasteiger partial charge in [0, 0.05) is 16.5 Å². The van der Waals surface area contributed by atoms with Gasteiger partial charge in [0.2, 0.25) is 0 Å². The van der Waals surface area contributed by atoms with Crippen LogP contribution in [-0.2, 0) is 0 Å². The second-order valence-electron chi connectivity index (χ2n) is 7.82. The largest absolute Gasteiger partial charge is 0.308 e. The van der Waals surface area contributed by atoms with E-state index in [0.717, 1.165) is 27.6 Å². The van der Waals surface area contributed by atoms with E-state index in [4.69, 9.17) is 4.98 Å². The molecular formula is C28H20N2. The summed E-state index contributed by atoms with van der Waals surface area (Å²) >= 11 is 0. The molecule has 2 nitrogen and oxygen atoms in total. The number of benzene rings is 4. The summed E-state index contributed by atoms with van der Waals surface area (Å²) in [6, 6.07) is 36.6. The van der Waals surface area contributed by atoms with E-state index in [1.165, 1.54) is 27.6 Å². The minimum atomic E-state index is 1.03. The Balaban J connectivity index is 1.72. The number of aryl methyl sites for hydroxylation is 1. The molecule has 0 aliphatic carbocycles. The number of hydrogen-bond donors (Lipinski definition) is 0. The zero-order valence-corrected chi connectivity index (χ0v) is 16.7. The van der Waals surface area contributed by atoms with Crippen LogP contribution in [0, 0.1) is 6.92 Å². The minimum Gasteiger partial charge on any atom is -0.308 e. The van der Waals surface area contributed by atoms with E-state index >= 15 is 0 Å². The Kier molecular flexibility index (Phi) is 3.72. The van der Waals surface area contributed by atoms with Crippen molar-refractivity contribution >= 4 is 32.8 Å².